The number of nitrogens with zero attached hydrogens (tertiary/aromatic N) is 1. The summed E-state index contributed by atoms with van der Waals surface area (Å²) in [6.07, 6.45) is 4.77. The van der Waals surface area contributed by atoms with Crippen molar-refractivity contribution in [1.29, 1.82) is 0 Å². The van der Waals surface area contributed by atoms with Crippen LogP contribution in [-0.2, 0) is 9.53 Å². The zero-order chi connectivity index (χ0) is 12.5. The van der Waals surface area contributed by atoms with Gasteiger partial charge in [-0.1, -0.05) is 26.2 Å². The number of unbranched alkanes of at least 4 members (excludes halogenated alkanes) is 2. The van der Waals surface area contributed by atoms with Gasteiger partial charge in [-0.05, 0) is 13.3 Å². The van der Waals surface area contributed by atoms with E-state index in [9.17, 15) is 4.79 Å². The fourth-order valence-corrected chi connectivity index (χ4v) is 2.06. The van der Waals surface area contributed by atoms with Crippen molar-refractivity contribution in [2.75, 3.05) is 32.8 Å². The molecule has 17 heavy (non-hydrogen) atoms. The van der Waals surface area contributed by atoms with Gasteiger partial charge >= 0.3 is 0 Å². The van der Waals surface area contributed by atoms with Crippen molar-refractivity contribution in [2.45, 2.75) is 45.6 Å². The lowest BCUT2D eigenvalue weighted by Crippen LogP contribution is -2.45. The molecule has 0 spiro atoms. The van der Waals surface area contributed by atoms with Crippen LogP contribution in [-0.4, -0.2) is 49.7 Å². The molecule has 0 radical (unpaired) electrons. The summed E-state index contributed by atoms with van der Waals surface area (Å²) < 4.78 is 5.25. The van der Waals surface area contributed by atoms with Gasteiger partial charge < -0.3 is 10.1 Å². The van der Waals surface area contributed by atoms with Gasteiger partial charge in [0.2, 0.25) is 5.91 Å². The molecule has 0 saturated carbocycles. The van der Waals surface area contributed by atoms with Crippen molar-refractivity contribution in [1.82, 2.24) is 10.2 Å². The number of rotatable bonds is 7. The van der Waals surface area contributed by atoms with Crippen LogP contribution >= 0.6 is 0 Å². The SMILES string of the molecule is CCCCCC(C)NC(=O)CN1CCOCC1. The normalized spacial score (nSPS) is 18.9. The molecular formula is C13H26N2O2. The highest BCUT2D eigenvalue weighted by molar-refractivity contribution is 5.78. The van der Waals surface area contributed by atoms with Crippen LogP contribution in [0.15, 0.2) is 0 Å². The van der Waals surface area contributed by atoms with E-state index in [0.29, 0.717) is 12.6 Å². The van der Waals surface area contributed by atoms with Gasteiger partial charge in [-0.2, -0.15) is 0 Å². The maximum absolute atomic E-state index is 11.8. The Hall–Kier alpha value is -0.610. The average Bonchev–Trinajstić information content (AvgIpc) is 2.30. The first kappa shape index (κ1) is 14.5. The molecule has 0 aromatic carbocycles. The maximum atomic E-state index is 11.8. The lowest BCUT2D eigenvalue weighted by atomic mass is 10.1. The number of amides is 1. The Morgan fingerprint density at radius 3 is 2.71 bits per heavy atom. The van der Waals surface area contributed by atoms with E-state index in [1.807, 2.05) is 0 Å². The van der Waals surface area contributed by atoms with Crippen molar-refractivity contribution in [2.24, 2.45) is 0 Å². The molecule has 1 amide bonds. The quantitative estimate of drug-likeness (QED) is 0.686. The third-order valence-corrected chi connectivity index (χ3v) is 3.12. The van der Waals surface area contributed by atoms with Crippen LogP contribution in [0.1, 0.15) is 39.5 Å². The largest absolute Gasteiger partial charge is 0.379 e. The van der Waals surface area contributed by atoms with E-state index in [4.69, 9.17) is 4.74 Å². The first-order valence-electron chi connectivity index (χ1n) is 6.82. The van der Waals surface area contributed by atoms with E-state index < -0.39 is 0 Å². The van der Waals surface area contributed by atoms with E-state index >= 15 is 0 Å². The molecule has 1 unspecified atom stereocenters. The summed E-state index contributed by atoms with van der Waals surface area (Å²) >= 11 is 0. The minimum atomic E-state index is 0.149. The number of nitrogens with one attached hydrogen (secondary N) is 1. The Kier molecular flexibility index (Phi) is 7.21. The van der Waals surface area contributed by atoms with Crippen LogP contribution in [0.3, 0.4) is 0 Å². The van der Waals surface area contributed by atoms with Crippen molar-refractivity contribution in [3.05, 3.63) is 0 Å². The lowest BCUT2D eigenvalue weighted by Gasteiger charge is -2.26. The van der Waals surface area contributed by atoms with Crippen LogP contribution in [0.5, 0.6) is 0 Å². The third-order valence-electron chi connectivity index (χ3n) is 3.12. The topological polar surface area (TPSA) is 41.6 Å². The number of hydrogen-bond acceptors (Lipinski definition) is 3. The van der Waals surface area contributed by atoms with Gasteiger partial charge in [0.1, 0.15) is 0 Å². The fraction of sp³-hybridized carbons (Fsp3) is 0.923. The van der Waals surface area contributed by atoms with Gasteiger partial charge in [0.05, 0.1) is 19.8 Å². The maximum Gasteiger partial charge on any atom is 0.234 e. The molecule has 1 rings (SSSR count). The number of carbonyl (C=O) groups is 1. The second-order valence-corrected chi connectivity index (χ2v) is 4.85. The molecule has 0 aromatic rings. The summed E-state index contributed by atoms with van der Waals surface area (Å²) in [6, 6.07) is 0.301. The zero-order valence-corrected chi connectivity index (χ0v) is 11.2. The van der Waals surface area contributed by atoms with E-state index in [-0.39, 0.29) is 5.91 Å². The number of hydrogen-bond donors (Lipinski definition) is 1. The molecule has 4 nitrogen and oxygen atoms in total. The molecule has 0 aromatic heterocycles. The van der Waals surface area contributed by atoms with E-state index in [2.05, 4.69) is 24.1 Å². The third kappa shape index (κ3) is 6.64. The predicted octanol–water partition coefficient (Wildman–Crippen LogP) is 1.40. The summed E-state index contributed by atoms with van der Waals surface area (Å²) in [5.41, 5.74) is 0. The molecule has 1 aliphatic rings. The van der Waals surface area contributed by atoms with Gasteiger partial charge in [0.15, 0.2) is 0 Å². The average molecular weight is 242 g/mol. The van der Waals surface area contributed by atoms with E-state index in [0.717, 1.165) is 32.7 Å². The molecule has 100 valence electrons. The molecule has 1 fully saturated rings. The second kappa shape index (κ2) is 8.48. The van der Waals surface area contributed by atoms with Gasteiger partial charge in [0, 0.05) is 19.1 Å². The smallest absolute Gasteiger partial charge is 0.234 e. The number of morpholine rings is 1. The molecule has 1 N–H and O–H groups in total. The first-order chi connectivity index (χ1) is 8.22. The highest BCUT2D eigenvalue weighted by Crippen LogP contribution is 2.03. The van der Waals surface area contributed by atoms with Gasteiger partial charge in [0.25, 0.3) is 0 Å². The molecule has 0 aliphatic carbocycles. The first-order valence-corrected chi connectivity index (χ1v) is 6.82. The fourth-order valence-electron chi connectivity index (χ4n) is 2.06. The van der Waals surface area contributed by atoms with Crippen LogP contribution < -0.4 is 5.32 Å². The van der Waals surface area contributed by atoms with Gasteiger partial charge in [-0.3, -0.25) is 9.69 Å². The van der Waals surface area contributed by atoms with E-state index in [1.165, 1.54) is 19.3 Å². The lowest BCUT2D eigenvalue weighted by molar-refractivity contribution is -0.123. The minimum Gasteiger partial charge on any atom is -0.379 e. The van der Waals surface area contributed by atoms with Crippen LogP contribution in [0.4, 0.5) is 0 Å². The summed E-state index contributed by atoms with van der Waals surface area (Å²) in [4.78, 5) is 13.9. The Morgan fingerprint density at radius 2 is 2.06 bits per heavy atom. The highest BCUT2D eigenvalue weighted by atomic mass is 16.5. The summed E-state index contributed by atoms with van der Waals surface area (Å²) in [6.45, 7) is 8.05. The van der Waals surface area contributed by atoms with Crippen molar-refractivity contribution >= 4 is 5.91 Å². The highest BCUT2D eigenvalue weighted by Gasteiger charge is 2.15. The van der Waals surface area contributed by atoms with Crippen LogP contribution in [0, 0.1) is 0 Å². The molecule has 4 heteroatoms. The predicted molar refractivity (Wildman–Crippen MR) is 69.0 cm³/mol. The minimum absolute atomic E-state index is 0.149. The summed E-state index contributed by atoms with van der Waals surface area (Å²) in [7, 11) is 0. The standard InChI is InChI=1S/C13H26N2O2/c1-3-4-5-6-12(2)14-13(16)11-15-7-9-17-10-8-15/h12H,3-11H2,1-2H3,(H,14,16). The van der Waals surface area contributed by atoms with Crippen molar-refractivity contribution in [3.8, 4) is 0 Å². The summed E-state index contributed by atoms with van der Waals surface area (Å²) in [5.74, 6) is 0.149. The molecule has 1 saturated heterocycles. The summed E-state index contributed by atoms with van der Waals surface area (Å²) in [5, 5.41) is 3.06. The van der Waals surface area contributed by atoms with Crippen molar-refractivity contribution in [3.63, 3.8) is 0 Å². The molecular weight excluding hydrogens is 216 g/mol. The Morgan fingerprint density at radius 1 is 1.35 bits per heavy atom. The monoisotopic (exact) mass is 242 g/mol. The Balaban J connectivity index is 2.10. The second-order valence-electron chi connectivity index (χ2n) is 4.85. The number of ether oxygens (including phenoxy) is 1. The molecule has 0 bridgehead atoms. The van der Waals surface area contributed by atoms with Gasteiger partial charge in [-0.25, -0.2) is 0 Å². The van der Waals surface area contributed by atoms with E-state index in [1.54, 1.807) is 0 Å². The zero-order valence-electron chi connectivity index (χ0n) is 11.2. The molecule has 1 aliphatic heterocycles. The Labute approximate surface area is 105 Å². The van der Waals surface area contributed by atoms with Crippen LogP contribution in [0.2, 0.25) is 0 Å². The van der Waals surface area contributed by atoms with Crippen LogP contribution in [0.25, 0.3) is 0 Å². The van der Waals surface area contributed by atoms with Gasteiger partial charge in [-0.15, -0.1) is 0 Å². The molecule has 1 atom stereocenters. The Bertz CT molecular complexity index is 215. The number of carbonyl (C=O) groups excluding carboxylic acids is 1. The molecule has 1 heterocycles. The van der Waals surface area contributed by atoms with Crippen molar-refractivity contribution < 1.29 is 9.53 Å².